The van der Waals surface area contributed by atoms with Crippen LogP contribution in [0.2, 0.25) is 0 Å². The van der Waals surface area contributed by atoms with E-state index in [4.69, 9.17) is 4.74 Å². The summed E-state index contributed by atoms with van der Waals surface area (Å²) in [7, 11) is 0. The van der Waals surface area contributed by atoms with E-state index >= 15 is 0 Å². The van der Waals surface area contributed by atoms with Gasteiger partial charge in [-0.2, -0.15) is 0 Å². The summed E-state index contributed by atoms with van der Waals surface area (Å²) in [5.74, 6) is 1.27. The molecule has 3 unspecified atom stereocenters. The molecule has 0 radical (unpaired) electrons. The van der Waals surface area contributed by atoms with Crippen LogP contribution in [0.25, 0.3) is 0 Å². The van der Waals surface area contributed by atoms with Crippen LogP contribution in [-0.4, -0.2) is 37.0 Å². The summed E-state index contributed by atoms with van der Waals surface area (Å²) in [5.41, 5.74) is 0. The lowest BCUT2D eigenvalue weighted by molar-refractivity contribution is 0.0240. The number of aliphatic hydroxyl groups is 1. The molecule has 0 bridgehead atoms. The highest BCUT2D eigenvalue weighted by molar-refractivity contribution is 4.77. The first-order valence-electron chi connectivity index (χ1n) is 7.58. The molecule has 0 aromatic carbocycles. The van der Waals surface area contributed by atoms with E-state index in [1.54, 1.807) is 0 Å². The molecule has 0 aromatic heterocycles. The average Bonchev–Trinajstić information content (AvgIpc) is 2.51. The van der Waals surface area contributed by atoms with Gasteiger partial charge in [0.2, 0.25) is 0 Å². The zero-order valence-electron chi connectivity index (χ0n) is 12.3. The molecular formula is C15H31NO2. The molecule has 2 N–H and O–H groups in total. The average molecular weight is 257 g/mol. The van der Waals surface area contributed by atoms with Crippen LogP contribution in [0, 0.1) is 11.8 Å². The number of aliphatic hydroxyl groups excluding tert-OH is 1. The Morgan fingerprint density at radius 1 is 1.17 bits per heavy atom. The largest absolute Gasteiger partial charge is 0.389 e. The topological polar surface area (TPSA) is 41.5 Å². The van der Waals surface area contributed by atoms with Gasteiger partial charge >= 0.3 is 0 Å². The predicted octanol–water partition coefficient (Wildman–Crippen LogP) is 2.58. The van der Waals surface area contributed by atoms with E-state index in [2.05, 4.69) is 26.1 Å². The number of hydrogen-bond acceptors (Lipinski definition) is 3. The Labute approximate surface area is 112 Å². The van der Waals surface area contributed by atoms with Crippen LogP contribution in [0.1, 0.15) is 52.9 Å². The third-order valence-corrected chi connectivity index (χ3v) is 3.74. The van der Waals surface area contributed by atoms with Crippen molar-refractivity contribution < 1.29 is 9.84 Å². The molecule has 0 heterocycles. The van der Waals surface area contributed by atoms with Gasteiger partial charge in [0, 0.05) is 19.2 Å². The fourth-order valence-corrected chi connectivity index (χ4v) is 2.58. The summed E-state index contributed by atoms with van der Waals surface area (Å²) in [6.45, 7) is 8.41. The van der Waals surface area contributed by atoms with Crippen molar-refractivity contribution in [2.75, 3.05) is 19.8 Å². The maximum absolute atomic E-state index is 9.86. The zero-order valence-corrected chi connectivity index (χ0v) is 12.3. The smallest absolute Gasteiger partial charge is 0.0897 e. The van der Waals surface area contributed by atoms with Gasteiger partial charge in [-0.25, -0.2) is 0 Å². The highest BCUT2D eigenvalue weighted by Crippen LogP contribution is 2.22. The molecular weight excluding hydrogens is 226 g/mol. The van der Waals surface area contributed by atoms with E-state index in [-0.39, 0.29) is 6.10 Å². The Morgan fingerprint density at radius 2 is 1.89 bits per heavy atom. The van der Waals surface area contributed by atoms with Crippen LogP contribution < -0.4 is 5.32 Å². The van der Waals surface area contributed by atoms with Crippen molar-refractivity contribution in [1.82, 2.24) is 5.32 Å². The van der Waals surface area contributed by atoms with Gasteiger partial charge in [0.15, 0.2) is 0 Å². The maximum Gasteiger partial charge on any atom is 0.0897 e. The van der Waals surface area contributed by atoms with Gasteiger partial charge in [-0.1, -0.05) is 40.0 Å². The Bertz CT molecular complexity index is 209. The van der Waals surface area contributed by atoms with Crippen molar-refractivity contribution >= 4 is 0 Å². The van der Waals surface area contributed by atoms with E-state index in [1.165, 1.54) is 32.1 Å². The standard InChI is InChI=1S/C15H31NO2/c1-12(2)10-18-11-14(17)9-16-15-8-6-4-5-7-13(15)3/h12-17H,4-11H2,1-3H3. The fourth-order valence-electron chi connectivity index (χ4n) is 2.58. The first-order chi connectivity index (χ1) is 8.59. The molecule has 3 nitrogen and oxygen atoms in total. The Morgan fingerprint density at radius 3 is 2.61 bits per heavy atom. The van der Waals surface area contributed by atoms with Crippen molar-refractivity contribution in [3.05, 3.63) is 0 Å². The molecule has 0 spiro atoms. The molecule has 0 saturated heterocycles. The quantitative estimate of drug-likeness (QED) is 0.689. The minimum atomic E-state index is -0.376. The molecule has 1 aliphatic rings. The zero-order chi connectivity index (χ0) is 13.4. The van der Waals surface area contributed by atoms with Crippen molar-refractivity contribution in [3.8, 4) is 0 Å². The summed E-state index contributed by atoms with van der Waals surface area (Å²) < 4.78 is 5.46. The van der Waals surface area contributed by atoms with Crippen molar-refractivity contribution in [1.29, 1.82) is 0 Å². The molecule has 0 amide bonds. The second-order valence-corrected chi connectivity index (χ2v) is 6.22. The van der Waals surface area contributed by atoms with E-state index < -0.39 is 0 Å². The summed E-state index contributed by atoms with van der Waals surface area (Å²) >= 11 is 0. The molecule has 0 aliphatic heterocycles. The molecule has 1 aliphatic carbocycles. The molecule has 1 fully saturated rings. The molecule has 3 atom stereocenters. The molecule has 3 heteroatoms. The van der Waals surface area contributed by atoms with Crippen molar-refractivity contribution in [2.45, 2.75) is 65.0 Å². The third-order valence-electron chi connectivity index (χ3n) is 3.74. The van der Waals surface area contributed by atoms with Crippen molar-refractivity contribution in [2.24, 2.45) is 11.8 Å². The van der Waals surface area contributed by atoms with Gasteiger partial charge < -0.3 is 15.2 Å². The summed E-state index contributed by atoms with van der Waals surface area (Å²) in [4.78, 5) is 0. The lowest BCUT2D eigenvalue weighted by Gasteiger charge is -2.24. The number of ether oxygens (including phenoxy) is 1. The van der Waals surface area contributed by atoms with E-state index in [1.807, 2.05) is 0 Å². The molecule has 1 rings (SSSR count). The first kappa shape index (κ1) is 15.9. The molecule has 0 aromatic rings. The van der Waals surface area contributed by atoms with Crippen LogP contribution in [0.4, 0.5) is 0 Å². The highest BCUT2D eigenvalue weighted by Gasteiger charge is 2.20. The van der Waals surface area contributed by atoms with E-state index in [0.29, 0.717) is 25.1 Å². The number of rotatable bonds is 7. The van der Waals surface area contributed by atoms with Gasteiger partial charge in [-0.3, -0.25) is 0 Å². The van der Waals surface area contributed by atoms with Crippen molar-refractivity contribution in [3.63, 3.8) is 0 Å². The van der Waals surface area contributed by atoms with Gasteiger partial charge in [0.25, 0.3) is 0 Å². The van der Waals surface area contributed by atoms with E-state index in [0.717, 1.165) is 12.5 Å². The van der Waals surface area contributed by atoms with Gasteiger partial charge in [0.05, 0.1) is 12.7 Å². The summed E-state index contributed by atoms with van der Waals surface area (Å²) in [6.07, 6.45) is 6.24. The summed E-state index contributed by atoms with van der Waals surface area (Å²) in [6, 6.07) is 0.576. The van der Waals surface area contributed by atoms with Gasteiger partial charge in [-0.05, 0) is 24.7 Å². The van der Waals surface area contributed by atoms with Crippen LogP contribution in [0.3, 0.4) is 0 Å². The second kappa shape index (κ2) is 8.89. The third kappa shape index (κ3) is 6.72. The number of hydrogen-bond donors (Lipinski definition) is 2. The highest BCUT2D eigenvalue weighted by atomic mass is 16.5. The first-order valence-corrected chi connectivity index (χ1v) is 7.58. The SMILES string of the molecule is CC(C)COCC(O)CNC1CCCCCC1C. The molecule has 18 heavy (non-hydrogen) atoms. The Balaban J connectivity index is 2.14. The molecule has 108 valence electrons. The lowest BCUT2D eigenvalue weighted by Crippen LogP contribution is -2.40. The predicted molar refractivity (Wildman–Crippen MR) is 75.7 cm³/mol. The second-order valence-electron chi connectivity index (χ2n) is 6.22. The fraction of sp³-hybridized carbons (Fsp3) is 1.00. The maximum atomic E-state index is 9.86. The van der Waals surface area contributed by atoms with Gasteiger partial charge in [0.1, 0.15) is 0 Å². The monoisotopic (exact) mass is 257 g/mol. The van der Waals surface area contributed by atoms with Crippen LogP contribution >= 0.6 is 0 Å². The minimum absolute atomic E-state index is 0.376. The molecule has 1 saturated carbocycles. The van der Waals surface area contributed by atoms with Crippen LogP contribution in [0.5, 0.6) is 0 Å². The number of nitrogens with one attached hydrogen (secondary N) is 1. The Kier molecular flexibility index (Phi) is 7.87. The lowest BCUT2D eigenvalue weighted by atomic mass is 9.97. The summed E-state index contributed by atoms with van der Waals surface area (Å²) in [5, 5.41) is 13.4. The minimum Gasteiger partial charge on any atom is -0.389 e. The van der Waals surface area contributed by atoms with Crippen LogP contribution in [-0.2, 0) is 4.74 Å². The normalized spacial score (nSPS) is 27.2. The van der Waals surface area contributed by atoms with Gasteiger partial charge in [-0.15, -0.1) is 0 Å². The van der Waals surface area contributed by atoms with E-state index in [9.17, 15) is 5.11 Å². The van der Waals surface area contributed by atoms with Crippen LogP contribution in [0.15, 0.2) is 0 Å². The Hall–Kier alpha value is -0.120.